The van der Waals surface area contributed by atoms with Crippen LogP contribution in [0.1, 0.15) is 79.8 Å². The molecule has 3 aliphatic rings. The van der Waals surface area contributed by atoms with Crippen molar-refractivity contribution in [3.63, 3.8) is 0 Å². The smallest absolute Gasteiger partial charge is 0.247 e. The molecule has 36 heavy (non-hydrogen) atoms. The van der Waals surface area contributed by atoms with Gasteiger partial charge in [-0.2, -0.15) is 10.1 Å². The number of nitrogens with one attached hydrogen (secondary N) is 3. The SMILES string of the molecule is O=C(Cc1ccc(=O)[nH]c1)C1CCCN1c1nc2c(c(Nc3cc(C4CCCCC4)[nH]n3)n1)CCC2. The third-order valence-electron chi connectivity index (χ3n) is 7.92. The number of ketones is 1. The summed E-state index contributed by atoms with van der Waals surface area (Å²) < 4.78 is 0. The first-order valence-electron chi connectivity index (χ1n) is 13.3. The molecule has 3 N–H and O–H groups in total. The molecule has 1 atom stereocenters. The van der Waals surface area contributed by atoms with Gasteiger partial charge in [0.1, 0.15) is 5.82 Å². The van der Waals surface area contributed by atoms with Crippen LogP contribution < -0.4 is 15.8 Å². The Kier molecular flexibility index (Phi) is 6.29. The van der Waals surface area contributed by atoms with Crippen molar-refractivity contribution in [2.45, 2.75) is 82.6 Å². The monoisotopic (exact) mass is 487 g/mol. The minimum Gasteiger partial charge on any atom is -0.331 e. The van der Waals surface area contributed by atoms with E-state index in [1.807, 2.05) is 0 Å². The highest BCUT2D eigenvalue weighted by molar-refractivity contribution is 5.89. The Morgan fingerprint density at radius 3 is 2.78 bits per heavy atom. The zero-order valence-electron chi connectivity index (χ0n) is 20.6. The molecule has 9 nitrogen and oxygen atoms in total. The lowest BCUT2D eigenvalue weighted by Crippen LogP contribution is -2.38. The van der Waals surface area contributed by atoms with Gasteiger partial charge in [-0.05, 0) is 50.5 Å². The first kappa shape index (κ1) is 22.9. The quantitative estimate of drug-likeness (QED) is 0.462. The third kappa shape index (κ3) is 4.66. The summed E-state index contributed by atoms with van der Waals surface area (Å²) in [6.07, 6.45) is 12.9. The van der Waals surface area contributed by atoms with E-state index < -0.39 is 0 Å². The Bertz CT molecular complexity index is 1290. The van der Waals surface area contributed by atoms with Crippen molar-refractivity contribution in [1.29, 1.82) is 0 Å². The number of nitrogens with zero attached hydrogens (tertiary/aromatic N) is 4. The molecule has 3 aromatic heterocycles. The molecule has 1 unspecified atom stereocenters. The van der Waals surface area contributed by atoms with Gasteiger partial charge in [0.05, 0.1) is 11.7 Å². The van der Waals surface area contributed by atoms with Gasteiger partial charge in [0.25, 0.3) is 0 Å². The normalized spacial score (nSPS) is 20.0. The maximum Gasteiger partial charge on any atom is 0.247 e. The van der Waals surface area contributed by atoms with Crippen LogP contribution in [0.25, 0.3) is 0 Å². The summed E-state index contributed by atoms with van der Waals surface area (Å²) in [6.45, 7) is 0.758. The molecule has 2 fully saturated rings. The van der Waals surface area contributed by atoms with Crippen molar-refractivity contribution in [1.82, 2.24) is 25.1 Å². The summed E-state index contributed by atoms with van der Waals surface area (Å²) in [5.41, 5.74) is 4.09. The molecule has 0 bridgehead atoms. The fourth-order valence-electron chi connectivity index (χ4n) is 6.01. The third-order valence-corrected chi connectivity index (χ3v) is 7.92. The summed E-state index contributed by atoms with van der Waals surface area (Å²) >= 11 is 0. The van der Waals surface area contributed by atoms with E-state index in [1.165, 1.54) is 43.9 Å². The van der Waals surface area contributed by atoms with E-state index in [-0.39, 0.29) is 23.8 Å². The molecule has 0 aromatic carbocycles. The van der Waals surface area contributed by atoms with E-state index >= 15 is 0 Å². The lowest BCUT2D eigenvalue weighted by atomic mass is 9.87. The average molecular weight is 488 g/mol. The Morgan fingerprint density at radius 2 is 1.94 bits per heavy atom. The van der Waals surface area contributed by atoms with Gasteiger partial charge in [0.15, 0.2) is 11.6 Å². The van der Waals surface area contributed by atoms with Gasteiger partial charge < -0.3 is 15.2 Å². The number of hydrogen-bond acceptors (Lipinski definition) is 7. The molecule has 3 aromatic rings. The van der Waals surface area contributed by atoms with E-state index in [4.69, 9.17) is 9.97 Å². The maximum atomic E-state index is 13.2. The second kappa shape index (κ2) is 9.87. The molecular formula is C27H33N7O2. The summed E-state index contributed by atoms with van der Waals surface area (Å²) in [4.78, 5) is 39.2. The minimum atomic E-state index is -0.257. The zero-order chi connectivity index (χ0) is 24.5. The number of H-pyrrole nitrogens is 2. The highest BCUT2D eigenvalue weighted by Crippen LogP contribution is 2.35. The molecule has 1 saturated heterocycles. The molecule has 0 radical (unpaired) electrons. The molecule has 188 valence electrons. The Balaban J connectivity index is 1.23. The lowest BCUT2D eigenvalue weighted by Gasteiger charge is -2.25. The number of hydrogen-bond donors (Lipinski definition) is 3. The van der Waals surface area contributed by atoms with Gasteiger partial charge in [-0.1, -0.05) is 25.3 Å². The van der Waals surface area contributed by atoms with Crippen LogP contribution in [-0.4, -0.2) is 43.5 Å². The van der Waals surface area contributed by atoms with E-state index in [0.717, 1.165) is 67.1 Å². The zero-order valence-corrected chi connectivity index (χ0v) is 20.6. The van der Waals surface area contributed by atoms with E-state index in [0.29, 0.717) is 11.9 Å². The van der Waals surface area contributed by atoms with Crippen molar-refractivity contribution in [2.24, 2.45) is 0 Å². The number of anilines is 3. The maximum absolute atomic E-state index is 13.2. The number of carbonyl (C=O) groups excluding carboxylic acids is 1. The average Bonchev–Trinajstić information content (AvgIpc) is 3.66. The van der Waals surface area contributed by atoms with E-state index in [9.17, 15) is 9.59 Å². The largest absolute Gasteiger partial charge is 0.331 e. The summed E-state index contributed by atoms with van der Waals surface area (Å²) in [7, 11) is 0. The van der Waals surface area contributed by atoms with Gasteiger partial charge in [-0.15, -0.1) is 0 Å². The van der Waals surface area contributed by atoms with Gasteiger partial charge in [-0.3, -0.25) is 14.7 Å². The van der Waals surface area contributed by atoms with Crippen LogP contribution in [0.2, 0.25) is 0 Å². The van der Waals surface area contributed by atoms with Crippen molar-refractivity contribution in [3.05, 3.63) is 57.3 Å². The highest BCUT2D eigenvalue weighted by atomic mass is 16.1. The molecule has 6 rings (SSSR count). The predicted molar refractivity (Wildman–Crippen MR) is 138 cm³/mol. The molecule has 0 amide bonds. The molecular weight excluding hydrogens is 454 g/mol. The minimum absolute atomic E-state index is 0.127. The van der Waals surface area contributed by atoms with Crippen molar-refractivity contribution in [2.75, 3.05) is 16.8 Å². The van der Waals surface area contributed by atoms with E-state index in [2.05, 4.69) is 31.5 Å². The fraction of sp³-hybridized carbons (Fsp3) is 0.519. The number of rotatable bonds is 7. The molecule has 4 heterocycles. The number of aryl methyl sites for hydroxylation is 1. The van der Waals surface area contributed by atoms with Gasteiger partial charge in [-0.25, -0.2) is 4.98 Å². The van der Waals surface area contributed by atoms with Crippen LogP contribution in [0.5, 0.6) is 0 Å². The number of aromatic amines is 2. The first-order valence-corrected chi connectivity index (χ1v) is 13.3. The number of Topliss-reactive ketones (excluding diaryl/α,β-unsaturated/α-hetero) is 1. The second-order valence-corrected chi connectivity index (χ2v) is 10.4. The second-order valence-electron chi connectivity index (χ2n) is 10.4. The van der Waals surface area contributed by atoms with E-state index in [1.54, 1.807) is 12.3 Å². The van der Waals surface area contributed by atoms with Gasteiger partial charge in [0.2, 0.25) is 11.5 Å². The van der Waals surface area contributed by atoms with Crippen LogP contribution in [-0.2, 0) is 24.1 Å². The topological polar surface area (TPSA) is 120 Å². The molecule has 0 spiro atoms. The Hall–Kier alpha value is -3.49. The molecule has 9 heteroatoms. The number of fused-ring (bicyclic) bond motifs is 1. The van der Waals surface area contributed by atoms with Gasteiger partial charge in [0, 0.05) is 48.5 Å². The standard InChI is InChI=1S/C27H33N7O2/c35-23(14-17-11-12-25(36)28-16-17)22-10-5-13-34(22)27-29-20-9-4-8-19(20)26(31-27)30-24-15-21(32-33-24)18-6-2-1-3-7-18/h11-12,15-16,18,22H,1-10,13-14H2,(H,28,36)(H2,29,30,31,32,33). The number of aromatic nitrogens is 5. The predicted octanol–water partition coefficient (Wildman–Crippen LogP) is 3.95. The Labute approximate surface area is 210 Å². The van der Waals surface area contributed by atoms with Crippen LogP contribution in [0, 0.1) is 0 Å². The molecule has 2 aliphatic carbocycles. The molecule has 1 aliphatic heterocycles. The number of carbonyl (C=O) groups is 1. The Morgan fingerprint density at radius 1 is 1.06 bits per heavy atom. The highest BCUT2D eigenvalue weighted by Gasteiger charge is 2.34. The fourth-order valence-corrected chi connectivity index (χ4v) is 6.01. The lowest BCUT2D eigenvalue weighted by molar-refractivity contribution is -0.119. The molecule has 1 saturated carbocycles. The van der Waals surface area contributed by atoms with Crippen LogP contribution in [0.15, 0.2) is 29.2 Å². The summed E-state index contributed by atoms with van der Waals surface area (Å²) in [5.74, 6) is 2.92. The van der Waals surface area contributed by atoms with Crippen molar-refractivity contribution in [3.8, 4) is 0 Å². The summed E-state index contributed by atoms with van der Waals surface area (Å²) in [5, 5.41) is 11.3. The van der Waals surface area contributed by atoms with Crippen molar-refractivity contribution >= 4 is 23.4 Å². The number of pyridine rings is 1. The van der Waals surface area contributed by atoms with Crippen LogP contribution >= 0.6 is 0 Å². The van der Waals surface area contributed by atoms with Crippen molar-refractivity contribution < 1.29 is 4.79 Å². The van der Waals surface area contributed by atoms with Gasteiger partial charge >= 0.3 is 0 Å². The van der Waals surface area contributed by atoms with Crippen LogP contribution in [0.3, 0.4) is 0 Å². The summed E-state index contributed by atoms with van der Waals surface area (Å²) in [6, 6.07) is 5.05. The van der Waals surface area contributed by atoms with Crippen LogP contribution in [0.4, 0.5) is 17.6 Å². The first-order chi connectivity index (χ1) is 17.6.